The first-order chi connectivity index (χ1) is 14.5. The second-order valence-corrected chi connectivity index (χ2v) is 6.71. The molecular weight excluding hydrogens is 384 g/mol. The summed E-state index contributed by atoms with van der Waals surface area (Å²) in [5, 5.41) is 3.42. The predicted molar refractivity (Wildman–Crippen MR) is 109 cm³/mol. The molecule has 1 atom stereocenters. The van der Waals surface area contributed by atoms with Gasteiger partial charge in [0.2, 0.25) is 5.78 Å². The zero-order valence-corrected chi connectivity index (χ0v) is 15.8. The van der Waals surface area contributed by atoms with Crippen molar-refractivity contribution in [3.05, 3.63) is 84.6 Å². The Bertz CT molecular complexity index is 1230. The fraction of sp³-hybridized carbons (Fsp3) is 0.0909. The van der Waals surface area contributed by atoms with E-state index in [0.717, 1.165) is 10.9 Å². The lowest BCUT2D eigenvalue weighted by Crippen LogP contribution is -2.47. The molecule has 0 radical (unpaired) electrons. The quantitative estimate of drug-likeness (QED) is 0.458. The molecule has 4 aromatic rings. The molecule has 8 nitrogen and oxygen atoms in total. The van der Waals surface area contributed by atoms with Crippen molar-refractivity contribution in [2.24, 2.45) is 5.73 Å². The van der Waals surface area contributed by atoms with Crippen LogP contribution in [0.3, 0.4) is 0 Å². The Hall–Kier alpha value is -4.20. The van der Waals surface area contributed by atoms with Crippen LogP contribution < -0.4 is 11.1 Å². The fourth-order valence-corrected chi connectivity index (χ4v) is 3.27. The van der Waals surface area contributed by atoms with E-state index < -0.39 is 23.6 Å². The summed E-state index contributed by atoms with van der Waals surface area (Å²) in [5.74, 6) is -2.54. The molecule has 150 valence electrons. The van der Waals surface area contributed by atoms with E-state index in [9.17, 15) is 14.4 Å². The van der Waals surface area contributed by atoms with Gasteiger partial charge in [0.15, 0.2) is 0 Å². The summed E-state index contributed by atoms with van der Waals surface area (Å²) in [4.78, 5) is 40.8. The van der Waals surface area contributed by atoms with Crippen molar-refractivity contribution in [2.75, 3.05) is 0 Å². The Balaban J connectivity index is 1.63. The molecule has 0 aliphatic carbocycles. The van der Waals surface area contributed by atoms with Gasteiger partial charge in [-0.15, -0.1) is 0 Å². The van der Waals surface area contributed by atoms with E-state index in [1.165, 1.54) is 18.8 Å². The van der Waals surface area contributed by atoms with Crippen molar-refractivity contribution >= 4 is 28.6 Å². The van der Waals surface area contributed by atoms with E-state index in [2.05, 4.69) is 10.3 Å². The van der Waals surface area contributed by atoms with Crippen LogP contribution in [0.2, 0.25) is 0 Å². The highest BCUT2D eigenvalue weighted by Crippen LogP contribution is 2.25. The number of aromatic nitrogens is 2. The van der Waals surface area contributed by atoms with Gasteiger partial charge in [0.25, 0.3) is 11.8 Å². The van der Waals surface area contributed by atoms with E-state index in [4.69, 9.17) is 10.2 Å². The van der Waals surface area contributed by atoms with E-state index in [0.29, 0.717) is 11.3 Å². The maximum atomic E-state index is 13.0. The molecule has 2 heterocycles. The number of hydrogen-bond acceptors (Lipinski definition) is 5. The molecule has 8 heteroatoms. The number of rotatable bonds is 7. The predicted octanol–water partition coefficient (Wildman–Crippen LogP) is 2.01. The summed E-state index contributed by atoms with van der Waals surface area (Å²) in [5.41, 5.74) is 7.46. The van der Waals surface area contributed by atoms with Crippen LogP contribution in [0.25, 0.3) is 16.7 Å². The zero-order valence-electron chi connectivity index (χ0n) is 15.8. The number of para-hydroxylation sites is 1. The Morgan fingerprint density at radius 3 is 2.57 bits per heavy atom. The van der Waals surface area contributed by atoms with Crippen molar-refractivity contribution < 1.29 is 18.8 Å². The number of nitrogens with one attached hydrogen (secondary N) is 1. The number of fused-ring (bicyclic) bond motifs is 1. The molecule has 30 heavy (non-hydrogen) atoms. The molecule has 2 aromatic carbocycles. The summed E-state index contributed by atoms with van der Waals surface area (Å²) >= 11 is 0. The summed E-state index contributed by atoms with van der Waals surface area (Å²) in [7, 11) is 0. The maximum Gasteiger partial charge on any atom is 0.287 e. The molecular formula is C22H18N4O4. The first-order valence-electron chi connectivity index (χ1n) is 9.22. The van der Waals surface area contributed by atoms with Crippen LogP contribution in [0.5, 0.6) is 0 Å². The number of carbonyl (C=O) groups excluding carboxylic acids is 3. The lowest BCUT2D eigenvalue weighted by Gasteiger charge is -2.17. The number of amides is 2. The van der Waals surface area contributed by atoms with Gasteiger partial charge < -0.3 is 15.5 Å². The van der Waals surface area contributed by atoms with Crippen LogP contribution in [-0.4, -0.2) is 33.2 Å². The normalized spacial score (nSPS) is 11.9. The Morgan fingerprint density at radius 2 is 1.80 bits per heavy atom. The number of hydrogen-bond donors (Lipinski definition) is 2. The van der Waals surface area contributed by atoms with Crippen LogP contribution in [0.1, 0.15) is 16.1 Å². The Morgan fingerprint density at radius 1 is 1.07 bits per heavy atom. The summed E-state index contributed by atoms with van der Waals surface area (Å²) < 4.78 is 7.11. The lowest BCUT2D eigenvalue weighted by atomic mass is 10.0. The number of carbonyl (C=O) groups is 3. The van der Waals surface area contributed by atoms with E-state index in [1.807, 2.05) is 42.5 Å². The smallest absolute Gasteiger partial charge is 0.287 e. The summed E-state index contributed by atoms with van der Waals surface area (Å²) in [6.07, 6.45) is 4.52. The second kappa shape index (κ2) is 8.04. The standard InChI is InChI=1S/C22H18N4O4/c23-21(28)20(27)16(10-14-6-2-1-3-7-14)25-22(29)17-11-24-13-26(17)18-12-30-19-9-5-4-8-15(18)19/h1-9,11-13,16H,10H2,(H2,23,28)(H,25,29). The molecule has 0 aliphatic heterocycles. The van der Waals surface area contributed by atoms with Gasteiger partial charge in [-0.2, -0.15) is 0 Å². The largest absolute Gasteiger partial charge is 0.462 e. The van der Waals surface area contributed by atoms with Crippen LogP contribution in [0.4, 0.5) is 0 Å². The Kier molecular flexibility index (Phi) is 5.13. The number of Topliss-reactive ketones (excluding diaryl/α,β-unsaturated/α-hetero) is 1. The van der Waals surface area contributed by atoms with Crippen LogP contribution in [0.15, 0.2) is 77.8 Å². The average molecular weight is 402 g/mol. The number of ketones is 1. The van der Waals surface area contributed by atoms with Crippen LogP contribution in [0, 0.1) is 0 Å². The minimum Gasteiger partial charge on any atom is -0.462 e. The molecule has 0 fully saturated rings. The maximum absolute atomic E-state index is 13.0. The average Bonchev–Trinajstić information content (AvgIpc) is 3.40. The third-order valence-corrected chi connectivity index (χ3v) is 4.74. The molecule has 0 saturated heterocycles. The SMILES string of the molecule is NC(=O)C(=O)C(Cc1ccccc1)NC(=O)c1cncn1-c1coc2ccccc12. The molecule has 4 rings (SSSR count). The molecule has 2 amide bonds. The number of benzene rings is 2. The summed E-state index contributed by atoms with van der Waals surface area (Å²) in [6, 6.07) is 15.3. The van der Waals surface area contributed by atoms with Gasteiger partial charge >= 0.3 is 0 Å². The van der Waals surface area contributed by atoms with Gasteiger partial charge in [0.1, 0.15) is 23.6 Å². The fourth-order valence-electron chi connectivity index (χ4n) is 3.27. The van der Waals surface area contributed by atoms with Gasteiger partial charge in [0.05, 0.1) is 18.2 Å². The highest BCUT2D eigenvalue weighted by molar-refractivity contribution is 6.38. The van der Waals surface area contributed by atoms with Crippen molar-refractivity contribution in [1.29, 1.82) is 0 Å². The van der Waals surface area contributed by atoms with Gasteiger partial charge in [-0.05, 0) is 17.7 Å². The van der Waals surface area contributed by atoms with E-state index in [1.54, 1.807) is 16.7 Å². The molecule has 1 unspecified atom stereocenters. The van der Waals surface area contributed by atoms with Crippen molar-refractivity contribution in [3.63, 3.8) is 0 Å². The van der Waals surface area contributed by atoms with E-state index >= 15 is 0 Å². The van der Waals surface area contributed by atoms with Gasteiger partial charge in [-0.3, -0.25) is 19.0 Å². The highest BCUT2D eigenvalue weighted by atomic mass is 16.3. The molecule has 0 spiro atoms. The van der Waals surface area contributed by atoms with Gasteiger partial charge in [0, 0.05) is 11.8 Å². The summed E-state index contributed by atoms with van der Waals surface area (Å²) in [6.45, 7) is 0. The van der Waals surface area contributed by atoms with Crippen LogP contribution >= 0.6 is 0 Å². The first kappa shape index (κ1) is 19.1. The second-order valence-electron chi connectivity index (χ2n) is 6.71. The van der Waals surface area contributed by atoms with Crippen LogP contribution in [-0.2, 0) is 16.0 Å². The lowest BCUT2D eigenvalue weighted by molar-refractivity contribution is -0.137. The molecule has 0 bridgehead atoms. The minimum atomic E-state index is -1.11. The molecule has 3 N–H and O–H groups in total. The van der Waals surface area contributed by atoms with Crippen molar-refractivity contribution in [2.45, 2.75) is 12.5 Å². The monoisotopic (exact) mass is 402 g/mol. The third-order valence-electron chi connectivity index (χ3n) is 4.74. The third kappa shape index (κ3) is 3.70. The highest BCUT2D eigenvalue weighted by Gasteiger charge is 2.27. The number of nitrogens with two attached hydrogens (primary N) is 1. The van der Waals surface area contributed by atoms with E-state index in [-0.39, 0.29) is 12.1 Å². The number of nitrogens with zero attached hydrogens (tertiary/aromatic N) is 2. The number of furan rings is 1. The van der Waals surface area contributed by atoms with Gasteiger partial charge in [-0.25, -0.2) is 4.98 Å². The van der Waals surface area contributed by atoms with Crippen molar-refractivity contribution in [1.82, 2.24) is 14.9 Å². The van der Waals surface area contributed by atoms with Gasteiger partial charge in [-0.1, -0.05) is 42.5 Å². The topological polar surface area (TPSA) is 120 Å². The number of primary amides is 1. The molecule has 0 aliphatic rings. The molecule has 2 aromatic heterocycles. The minimum absolute atomic E-state index is 0.136. The van der Waals surface area contributed by atoms with Crippen molar-refractivity contribution in [3.8, 4) is 5.69 Å². The Labute approximate surface area is 171 Å². The first-order valence-corrected chi connectivity index (χ1v) is 9.22. The molecule has 0 saturated carbocycles. The number of imidazole rings is 1. The zero-order chi connectivity index (χ0) is 21.1.